The van der Waals surface area contributed by atoms with E-state index >= 15 is 0 Å². The third-order valence-electron chi connectivity index (χ3n) is 2.22. The quantitative estimate of drug-likeness (QED) is 0.451. The highest BCUT2D eigenvalue weighted by Gasteiger charge is 2.25. The summed E-state index contributed by atoms with van der Waals surface area (Å²) in [6, 6.07) is 0. The van der Waals surface area contributed by atoms with Gasteiger partial charge in [-0.2, -0.15) is 0 Å². The molecule has 2 radical (unpaired) electrons. The van der Waals surface area contributed by atoms with Gasteiger partial charge in [-0.15, -0.1) is 0 Å². The Hall–Kier alpha value is -0.0400. The summed E-state index contributed by atoms with van der Waals surface area (Å²) >= 11 is 0. The van der Waals surface area contributed by atoms with Crippen LogP contribution >= 0.6 is 0 Å². The van der Waals surface area contributed by atoms with E-state index in [-0.39, 0.29) is 0 Å². The molecule has 0 saturated carbocycles. The SMILES string of the molecule is [C]1CC2CCN1CC2. The van der Waals surface area contributed by atoms with Gasteiger partial charge in [-0.05, 0) is 38.3 Å². The summed E-state index contributed by atoms with van der Waals surface area (Å²) in [6.45, 7) is 5.92. The van der Waals surface area contributed by atoms with Crippen LogP contribution in [0.25, 0.3) is 0 Å². The maximum atomic E-state index is 3.35. The molecular weight excluding hydrogens is 98.1 g/mol. The molecule has 3 heterocycles. The molecule has 3 fully saturated rings. The highest BCUT2D eigenvalue weighted by molar-refractivity contribution is 4.86. The average Bonchev–Trinajstić information content (AvgIpc) is 1.92. The van der Waals surface area contributed by atoms with Gasteiger partial charge in [-0.1, -0.05) is 0 Å². The maximum absolute atomic E-state index is 3.35. The zero-order chi connectivity index (χ0) is 5.40. The molecule has 0 aromatic rings. The lowest BCUT2D eigenvalue weighted by Gasteiger charge is -2.37. The molecule has 44 valence electrons. The molecule has 0 unspecified atom stereocenters. The number of hydrogen-bond donors (Lipinski definition) is 0. The van der Waals surface area contributed by atoms with Gasteiger partial charge in [0.1, 0.15) is 0 Å². The minimum absolute atomic E-state index is 1.000. The second-order valence-electron chi connectivity index (χ2n) is 2.79. The fourth-order valence-electron chi connectivity index (χ4n) is 1.55. The van der Waals surface area contributed by atoms with Crippen molar-refractivity contribution in [3.05, 3.63) is 6.54 Å². The first-order valence-corrected chi connectivity index (χ1v) is 3.43. The van der Waals surface area contributed by atoms with Crippen LogP contribution in [0.4, 0.5) is 0 Å². The molecule has 3 aliphatic rings. The molecule has 3 rings (SSSR count). The van der Waals surface area contributed by atoms with Crippen LogP contribution < -0.4 is 0 Å². The Kier molecular flexibility index (Phi) is 1.04. The third-order valence-corrected chi connectivity index (χ3v) is 2.22. The van der Waals surface area contributed by atoms with Crippen LogP contribution in [0.1, 0.15) is 19.3 Å². The number of hydrogen-bond acceptors (Lipinski definition) is 1. The van der Waals surface area contributed by atoms with Crippen molar-refractivity contribution in [3.63, 3.8) is 0 Å². The molecule has 1 nitrogen and oxygen atoms in total. The Bertz CT molecular complexity index is 59.4. The Labute approximate surface area is 50.7 Å². The minimum atomic E-state index is 1.000. The maximum Gasteiger partial charge on any atom is 0.0618 e. The Morgan fingerprint density at radius 3 is 2.12 bits per heavy atom. The number of nitrogens with zero attached hydrogens (tertiary/aromatic N) is 1. The molecule has 0 spiro atoms. The van der Waals surface area contributed by atoms with Gasteiger partial charge >= 0.3 is 0 Å². The third kappa shape index (κ3) is 0.655. The summed E-state index contributed by atoms with van der Waals surface area (Å²) in [6.07, 6.45) is 4.08. The van der Waals surface area contributed by atoms with Gasteiger partial charge < -0.3 is 0 Å². The van der Waals surface area contributed by atoms with Crippen molar-refractivity contribution in [2.45, 2.75) is 19.3 Å². The molecule has 0 aliphatic carbocycles. The van der Waals surface area contributed by atoms with Gasteiger partial charge in [0.25, 0.3) is 0 Å². The number of piperidine rings is 3. The van der Waals surface area contributed by atoms with Gasteiger partial charge in [0, 0.05) is 0 Å². The Morgan fingerprint density at radius 2 is 2.00 bits per heavy atom. The average molecular weight is 109 g/mol. The lowest BCUT2D eigenvalue weighted by Crippen LogP contribution is -2.37. The monoisotopic (exact) mass is 109 g/mol. The lowest BCUT2D eigenvalue weighted by atomic mass is 9.89. The van der Waals surface area contributed by atoms with E-state index in [0.29, 0.717) is 0 Å². The molecule has 3 aliphatic heterocycles. The summed E-state index contributed by atoms with van der Waals surface area (Å²) in [5.41, 5.74) is 0. The summed E-state index contributed by atoms with van der Waals surface area (Å²) in [5, 5.41) is 0. The van der Waals surface area contributed by atoms with Crippen molar-refractivity contribution < 1.29 is 0 Å². The fraction of sp³-hybridized carbons (Fsp3) is 0.857. The van der Waals surface area contributed by atoms with Crippen molar-refractivity contribution in [1.82, 2.24) is 4.90 Å². The second kappa shape index (κ2) is 1.73. The highest BCUT2D eigenvalue weighted by atomic mass is 15.1. The zero-order valence-corrected chi connectivity index (χ0v) is 5.06. The van der Waals surface area contributed by atoms with Gasteiger partial charge in [0.15, 0.2) is 0 Å². The summed E-state index contributed by atoms with van der Waals surface area (Å²) in [5.74, 6) is 1.000. The number of fused-ring (bicyclic) bond motifs is 3. The van der Waals surface area contributed by atoms with Gasteiger partial charge in [-0.3, -0.25) is 4.90 Å². The van der Waals surface area contributed by atoms with Crippen LogP contribution in [0.2, 0.25) is 0 Å². The van der Waals surface area contributed by atoms with Crippen molar-refractivity contribution >= 4 is 0 Å². The molecule has 0 amide bonds. The second-order valence-corrected chi connectivity index (χ2v) is 2.79. The standard InChI is InChI=1S/C7H11N/c1-4-8-5-2-7(1)3-6-8/h7H,1-5H2. The van der Waals surface area contributed by atoms with E-state index in [1.165, 1.54) is 32.4 Å². The van der Waals surface area contributed by atoms with E-state index in [0.717, 1.165) is 5.92 Å². The molecule has 2 bridgehead atoms. The first kappa shape index (κ1) is 4.80. The summed E-state index contributed by atoms with van der Waals surface area (Å²) in [7, 11) is 0. The van der Waals surface area contributed by atoms with Crippen LogP contribution in [-0.2, 0) is 0 Å². The molecule has 0 aromatic carbocycles. The molecule has 8 heavy (non-hydrogen) atoms. The topological polar surface area (TPSA) is 3.24 Å². The Morgan fingerprint density at radius 1 is 1.25 bits per heavy atom. The van der Waals surface area contributed by atoms with Crippen molar-refractivity contribution in [2.75, 3.05) is 13.1 Å². The fourth-order valence-corrected chi connectivity index (χ4v) is 1.55. The van der Waals surface area contributed by atoms with Gasteiger partial charge in [0.2, 0.25) is 0 Å². The van der Waals surface area contributed by atoms with Crippen LogP contribution in [-0.4, -0.2) is 18.0 Å². The van der Waals surface area contributed by atoms with Gasteiger partial charge in [0.05, 0.1) is 6.54 Å². The largest absolute Gasteiger partial charge is 0.294 e. The van der Waals surface area contributed by atoms with Crippen LogP contribution in [0.15, 0.2) is 0 Å². The Balaban J connectivity index is 2.03. The van der Waals surface area contributed by atoms with Crippen LogP contribution in [0, 0.1) is 12.5 Å². The highest BCUT2D eigenvalue weighted by Crippen LogP contribution is 2.28. The summed E-state index contributed by atoms with van der Waals surface area (Å²) in [4.78, 5) is 2.33. The van der Waals surface area contributed by atoms with Crippen LogP contribution in [0.3, 0.4) is 0 Å². The molecule has 1 heteroatoms. The summed E-state index contributed by atoms with van der Waals surface area (Å²) < 4.78 is 0. The predicted molar refractivity (Wildman–Crippen MR) is 32.2 cm³/mol. The first-order chi connectivity index (χ1) is 3.95. The molecule has 0 atom stereocenters. The molecule has 0 aromatic heterocycles. The first-order valence-electron chi connectivity index (χ1n) is 3.43. The van der Waals surface area contributed by atoms with E-state index in [9.17, 15) is 0 Å². The van der Waals surface area contributed by atoms with E-state index < -0.39 is 0 Å². The molecule has 0 N–H and O–H groups in total. The minimum Gasteiger partial charge on any atom is -0.294 e. The van der Waals surface area contributed by atoms with E-state index in [1.54, 1.807) is 0 Å². The van der Waals surface area contributed by atoms with E-state index in [4.69, 9.17) is 0 Å². The van der Waals surface area contributed by atoms with Crippen molar-refractivity contribution in [2.24, 2.45) is 5.92 Å². The lowest BCUT2D eigenvalue weighted by molar-refractivity contribution is 0.153. The number of rotatable bonds is 0. The molecule has 3 saturated heterocycles. The van der Waals surface area contributed by atoms with E-state index in [2.05, 4.69) is 11.4 Å². The van der Waals surface area contributed by atoms with Crippen molar-refractivity contribution in [3.8, 4) is 0 Å². The predicted octanol–water partition coefficient (Wildman–Crippen LogP) is 1.14. The van der Waals surface area contributed by atoms with Gasteiger partial charge in [-0.25, -0.2) is 0 Å². The molecular formula is C7H11N. The normalized spacial score (nSPS) is 45.0. The van der Waals surface area contributed by atoms with E-state index in [1.807, 2.05) is 0 Å². The smallest absolute Gasteiger partial charge is 0.0618 e. The van der Waals surface area contributed by atoms with Crippen LogP contribution in [0.5, 0.6) is 0 Å². The zero-order valence-electron chi connectivity index (χ0n) is 5.06. The van der Waals surface area contributed by atoms with Crippen molar-refractivity contribution in [1.29, 1.82) is 0 Å².